The van der Waals surface area contributed by atoms with Crippen molar-refractivity contribution in [3.8, 4) is 0 Å². The summed E-state index contributed by atoms with van der Waals surface area (Å²) in [4.78, 5) is 19.1. The Bertz CT molecular complexity index is 962. The van der Waals surface area contributed by atoms with Gasteiger partial charge in [-0.1, -0.05) is 11.6 Å². The van der Waals surface area contributed by atoms with E-state index in [4.69, 9.17) is 0 Å². The molecule has 0 saturated carbocycles. The van der Waals surface area contributed by atoms with Crippen LogP contribution in [-0.4, -0.2) is 50.1 Å². The lowest BCUT2D eigenvalue weighted by molar-refractivity contribution is -0.139. The van der Waals surface area contributed by atoms with Gasteiger partial charge in [-0.05, 0) is 50.1 Å². The molecule has 2 aromatic carbocycles. The Kier molecular flexibility index (Phi) is 5.81. The van der Waals surface area contributed by atoms with Crippen LogP contribution in [0.15, 0.2) is 36.4 Å². The highest BCUT2D eigenvalue weighted by molar-refractivity contribution is 6.00. The summed E-state index contributed by atoms with van der Waals surface area (Å²) < 4.78 is 52.3. The van der Waals surface area contributed by atoms with E-state index in [0.717, 1.165) is 49.3 Å². The van der Waals surface area contributed by atoms with E-state index in [0.29, 0.717) is 37.4 Å². The zero-order valence-corrected chi connectivity index (χ0v) is 17.4. The Morgan fingerprint density at radius 1 is 0.871 bits per heavy atom. The number of aryl methyl sites for hydroxylation is 1. The van der Waals surface area contributed by atoms with Crippen LogP contribution in [0.2, 0.25) is 0 Å². The number of anilines is 2. The zero-order valence-electron chi connectivity index (χ0n) is 17.4. The normalized spacial score (nSPS) is 17.4. The van der Waals surface area contributed by atoms with Gasteiger partial charge in [0.2, 0.25) is 0 Å². The van der Waals surface area contributed by atoms with Crippen molar-refractivity contribution in [2.24, 2.45) is 0 Å². The van der Waals surface area contributed by atoms with Crippen molar-refractivity contribution in [2.75, 3.05) is 49.1 Å². The van der Waals surface area contributed by atoms with E-state index in [2.05, 4.69) is 4.90 Å². The van der Waals surface area contributed by atoms with Crippen LogP contribution < -0.4 is 9.80 Å². The average Bonchev–Trinajstić information content (AvgIpc) is 3.27. The molecule has 0 bridgehead atoms. The van der Waals surface area contributed by atoms with Crippen LogP contribution in [-0.2, 0) is 6.18 Å². The summed E-state index contributed by atoms with van der Waals surface area (Å²) in [7, 11) is 0. The molecular formula is C23H25F4N3O. The lowest BCUT2D eigenvalue weighted by Crippen LogP contribution is -2.49. The molecule has 0 aromatic heterocycles. The van der Waals surface area contributed by atoms with Crippen LogP contribution in [0, 0.1) is 12.7 Å². The van der Waals surface area contributed by atoms with Crippen molar-refractivity contribution in [3.63, 3.8) is 0 Å². The molecule has 31 heavy (non-hydrogen) atoms. The van der Waals surface area contributed by atoms with E-state index in [-0.39, 0.29) is 5.91 Å². The van der Waals surface area contributed by atoms with Gasteiger partial charge in [0.1, 0.15) is 5.82 Å². The summed E-state index contributed by atoms with van der Waals surface area (Å²) in [6.45, 7) is 5.56. The highest BCUT2D eigenvalue weighted by Gasteiger charge is 2.34. The first-order valence-electron chi connectivity index (χ1n) is 10.5. The number of carbonyl (C=O) groups excluding carboxylic acids is 1. The number of hydrogen-bond acceptors (Lipinski definition) is 3. The van der Waals surface area contributed by atoms with Gasteiger partial charge in [0.15, 0.2) is 0 Å². The largest absolute Gasteiger partial charge is 0.419 e. The van der Waals surface area contributed by atoms with E-state index in [9.17, 15) is 22.4 Å². The Balaban J connectivity index is 1.46. The van der Waals surface area contributed by atoms with E-state index in [1.54, 1.807) is 4.90 Å². The first kappa shape index (κ1) is 21.5. The highest BCUT2D eigenvalue weighted by Crippen LogP contribution is 2.33. The van der Waals surface area contributed by atoms with Crippen molar-refractivity contribution in [3.05, 3.63) is 58.9 Å². The maximum Gasteiger partial charge on any atom is 0.419 e. The van der Waals surface area contributed by atoms with E-state index in [1.807, 2.05) is 30.0 Å². The molecule has 2 aliphatic heterocycles. The highest BCUT2D eigenvalue weighted by atomic mass is 19.4. The monoisotopic (exact) mass is 435 g/mol. The van der Waals surface area contributed by atoms with E-state index < -0.39 is 17.6 Å². The standard InChI is InChI=1S/C23H25F4N3O/c1-16-4-7-21(29-8-2-3-9-29)18(14-16)22(31)30-12-10-28(11-13-30)17-5-6-19(20(24)15-17)23(25,26)27/h4-7,14-15H,2-3,8-13H2,1H3. The lowest BCUT2D eigenvalue weighted by Gasteiger charge is -2.37. The van der Waals surface area contributed by atoms with Gasteiger partial charge in [0.25, 0.3) is 5.91 Å². The van der Waals surface area contributed by atoms with Gasteiger partial charge in [-0.25, -0.2) is 4.39 Å². The maximum atomic E-state index is 13.9. The maximum absolute atomic E-state index is 13.9. The van der Waals surface area contributed by atoms with Gasteiger partial charge < -0.3 is 14.7 Å². The molecule has 0 atom stereocenters. The SMILES string of the molecule is Cc1ccc(N2CCCC2)c(C(=O)N2CCN(c3ccc(C(F)(F)F)c(F)c3)CC2)c1. The van der Waals surface area contributed by atoms with Crippen LogP contribution in [0.25, 0.3) is 0 Å². The fourth-order valence-corrected chi connectivity index (χ4v) is 4.32. The second-order valence-corrected chi connectivity index (χ2v) is 8.16. The number of benzene rings is 2. The molecular weight excluding hydrogens is 410 g/mol. The summed E-state index contributed by atoms with van der Waals surface area (Å²) in [6.07, 6.45) is -2.48. The number of nitrogens with zero attached hydrogens (tertiary/aromatic N) is 3. The van der Waals surface area contributed by atoms with Gasteiger partial charge >= 0.3 is 6.18 Å². The van der Waals surface area contributed by atoms with Gasteiger partial charge in [0.05, 0.1) is 11.1 Å². The third kappa shape index (κ3) is 4.48. The molecule has 4 nitrogen and oxygen atoms in total. The zero-order chi connectivity index (χ0) is 22.2. The molecule has 0 spiro atoms. The first-order valence-corrected chi connectivity index (χ1v) is 10.5. The Morgan fingerprint density at radius 2 is 1.55 bits per heavy atom. The van der Waals surface area contributed by atoms with Crippen LogP contribution in [0.1, 0.15) is 34.3 Å². The van der Waals surface area contributed by atoms with Crippen molar-refractivity contribution in [1.82, 2.24) is 4.90 Å². The average molecular weight is 435 g/mol. The number of piperazine rings is 1. The second-order valence-electron chi connectivity index (χ2n) is 8.16. The molecule has 0 unspecified atom stereocenters. The topological polar surface area (TPSA) is 26.8 Å². The third-order valence-corrected chi connectivity index (χ3v) is 6.02. The second kappa shape index (κ2) is 8.40. The number of rotatable bonds is 3. The summed E-state index contributed by atoms with van der Waals surface area (Å²) in [5.74, 6) is -1.32. The Morgan fingerprint density at radius 3 is 2.16 bits per heavy atom. The predicted octanol–water partition coefficient (Wildman–Crippen LogP) is 4.72. The predicted molar refractivity (Wildman–Crippen MR) is 112 cm³/mol. The summed E-state index contributed by atoms with van der Waals surface area (Å²) in [6, 6.07) is 8.93. The molecule has 0 N–H and O–H groups in total. The fraction of sp³-hybridized carbons (Fsp3) is 0.435. The van der Waals surface area contributed by atoms with Crippen molar-refractivity contribution < 1.29 is 22.4 Å². The number of alkyl halides is 3. The van der Waals surface area contributed by atoms with Crippen LogP contribution in [0.4, 0.5) is 28.9 Å². The molecule has 8 heteroatoms. The molecule has 1 amide bonds. The first-order chi connectivity index (χ1) is 14.7. The van der Waals surface area contributed by atoms with Gasteiger partial charge in [-0.15, -0.1) is 0 Å². The molecule has 0 aliphatic carbocycles. The minimum absolute atomic E-state index is 0.0381. The van der Waals surface area contributed by atoms with Crippen molar-refractivity contribution in [2.45, 2.75) is 25.9 Å². The Labute approximate surface area is 179 Å². The van der Waals surface area contributed by atoms with Gasteiger partial charge in [0, 0.05) is 50.6 Å². The summed E-state index contributed by atoms with van der Waals surface area (Å²) >= 11 is 0. The summed E-state index contributed by atoms with van der Waals surface area (Å²) in [5, 5.41) is 0. The molecule has 2 aromatic rings. The van der Waals surface area contributed by atoms with Crippen LogP contribution in [0.3, 0.4) is 0 Å². The van der Waals surface area contributed by atoms with Gasteiger partial charge in [-0.2, -0.15) is 13.2 Å². The Hall–Kier alpha value is -2.77. The minimum atomic E-state index is -4.71. The quantitative estimate of drug-likeness (QED) is 0.653. The molecule has 2 fully saturated rings. The smallest absolute Gasteiger partial charge is 0.371 e. The van der Waals surface area contributed by atoms with E-state index in [1.165, 1.54) is 6.07 Å². The summed E-state index contributed by atoms with van der Waals surface area (Å²) in [5.41, 5.74) is 1.80. The fourth-order valence-electron chi connectivity index (χ4n) is 4.32. The molecule has 2 heterocycles. The molecule has 2 aliphatic rings. The molecule has 4 rings (SSSR count). The van der Waals surface area contributed by atoms with Crippen LogP contribution >= 0.6 is 0 Å². The molecule has 2 saturated heterocycles. The molecule has 0 radical (unpaired) electrons. The number of carbonyl (C=O) groups is 1. The third-order valence-electron chi connectivity index (χ3n) is 6.02. The van der Waals surface area contributed by atoms with E-state index >= 15 is 0 Å². The van der Waals surface area contributed by atoms with Crippen molar-refractivity contribution in [1.29, 1.82) is 0 Å². The number of halogens is 4. The number of amides is 1. The van der Waals surface area contributed by atoms with Crippen molar-refractivity contribution >= 4 is 17.3 Å². The number of hydrogen-bond donors (Lipinski definition) is 0. The lowest BCUT2D eigenvalue weighted by atomic mass is 10.1. The van der Waals surface area contributed by atoms with Gasteiger partial charge in [-0.3, -0.25) is 4.79 Å². The minimum Gasteiger partial charge on any atom is -0.371 e. The molecule has 166 valence electrons. The van der Waals surface area contributed by atoms with Crippen LogP contribution in [0.5, 0.6) is 0 Å².